The number of hydrogen-bond acceptors (Lipinski definition) is 4. The van der Waals surface area contributed by atoms with E-state index in [1.165, 1.54) is 0 Å². The molecule has 5 nitrogen and oxygen atoms in total. The monoisotopic (exact) mass is 251 g/mol. The molecule has 94 valence electrons. The maximum absolute atomic E-state index is 5.66. The fourth-order valence-corrected chi connectivity index (χ4v) is 1.81. The molecule has 0 saturated carbocycles. The Kier molecular flexibility index (Phi) is 2.94. The van der Waals surface area contributed by atoms with Crippen LogP contribution in [0.15, 0.2) is 48.7 Å². The van der Waals surface area contributed by atoms with Gasteiger partial charge in [-0.3, -0.25) is 10.1 Å². The van der Waals surface area contributed by atoms with E-state index in [0.717, 1.165) is 22.8 Å². The van der Waals surface area contributed by atoms with E-state index in [0.29, 0.717) is 12.2 Å². The van der Waals surface area contributed by atoms with Crippen LogP contribution in [-0.2, 0) is 6.42 Å². The zero-order chi connectivity index (χ0) is 13.1. The second kappa shape index (κ2) is 4.89. The molecule has 3 rings (SSSR count). The molecule has 3 aromatic rings. The van der Waals surface area contributed by atoms with E-state index < -0.39 is 0 Å². The van der Waals surface area contributed by atoms with Gasteiger partial charge in [-0.25, -0.2) is 4.98 Å². The maximum Gasteiger partial charge on any atom is 0.181 e. The van der Waals surface area contributed by atoms with Crippen molar-refractivity contribution < 1.29 is 0 Å². The first-order valence-electron chi connectivity index (χ1n) is 5.98. The van der Waals surface area contributed by atoms with Crippen LogP contribution in [0.25, 0.3) is 11.4 Å². The number of nitrogens with zero attached hydrogens (tertiary/aromatic N) is 3. The van der Waals surface area contributed by atoms with Gasteiger partial charge >= 0.3 is 0 Å². The quantitative estimate of drug-likeness (QED) is 0.698. The van der Waals surface area contributed by atoms with Crippen LogP contribution in [0.2, 0.25) is 0 Å². The molecule has 19 heavy (non-hydrogen) atoms. The van der Waals surface area contributed by atoms with Crippen molar-refractivity contribution in [2.24, 2.45) is 0 Å². The molecule has 0 saturated heterocycles. The van der Waals surface area contributed by atoms with Gasteiger partial charge in [-0.1, -0.05) is 6.07 Å². The van der Waals surface area contributed by atoms with Gasteiger partial charge in [-0.15, -0.1) is 0 Å². The summed E-state index contributed by atoms with van der Waals surface area (Å²) in [6.07, 6.45) is 2.41. The second-order valence-electron chi connectivity index (χ2n) is 4.23. The topological polar surface area (TPSA) is 80.5 Å². The van der Waals surface area contributed by atoms with Gasteiger partial charge in [0.05, 0.1) is 0 Å². The Morgan fingerprint density at radius 1 is 1.05 bits per heavy atom. The van der Waals surface area contributed by atoms with Crippen molar-refractivity contribution >= 4 is 5.69 Å². The molecule has 0 fully saturated rings. The molecule has 0 spiro atoms. The van der Waals surface area contributed by atoms with Crippen LogP contribution in [0.1, 0.15) is 11.5 Å². The van der Waals surface area contributed by atoms with Gasteiger partial charge in [0, 0.05) is 29.6 Å². The Morgan fingerprint density at radius 2 is 1.89 bits per heavy atom. The lowest BCUT2D eigenvalue weighted by atomic mass is 10.2. The third-order valence-electron chi connectivity index (χ3n) is 2.78. The minimum absolute atomic E-state index is 0.642. The van der Waals surface area contributed by atoms with Gasteiger partial charge in [0.15, 0.2) is 5.82 Å². The van der Waals surface area contributed by atoms with Gasteiger partial charge in [-0.05, 0) is 36.4 Å². The minimum atomic E-state index is 0.642. The largest absolute Gasteiger partial charge is 0.399 e. The molecule has 0 bridgehead atoms. The highest BCUT2D eigenvalue weighted by molar-refractivity contribution is 5.58. The summed E-state index contributed by atoms with van der Waals surface area (Å²) >= 11 is 0. The highest BCUT2D eigenvalue weighted by atomic mass is 15.2. The molecular weight excluding hydrogens is 238 g/mol. The Balaban J connectivity index is 1.82. The van der Waals surface area contributed by atoms with E-state index in [9.17, 15) is 0 Å². The zero-order valence-corrected chi connectivity index (χ0v) is 10.2. The van der Waals surface area contributed by atoms with Gasteiger partial charge in [0.1, 0.15) is 5.82 Å². The van der Waals surface area contributed by atoms with Gasteiger partial charge in [0.2, 0.25) is 0 Å². The number of rotatable bonds is 3. The summed E-state index contributed by atoms with van der Waals surface area (Å²) in [4.78, 5) is 8.72. The molecule has 0 aliphatic carbocycles. The molecule has 1 aromatic carbocycles. The highest BCUT2D eigenvalue weighted by Crippen LogP contribution is 2.16. The number of benzene rings is 1. The average Bonchev–Trinajstić information content (AvgIpc) is 2.89. The number of H-pyrrole nitrogens is 1. The summed E-state index contributed by atoms with van der Waals surface area (Å²) < 4.78 is 0. The number of anilines is 1. The fraction of sp³-hybridized carbons (Fsp3) is 0.0714. The summed E-state index contributed by atoms with van der Waals surface area (Å²) in [5, 5.41) is 7.14. The van der Waals surface area contributed by atoms with Crippen molar-refractivity contribution in [3.8, 4) is 11.4 Å². The third kappa shape index (κ3) is 2.60. The van der Waals surface area contributed by atoms with E-state index in [-0.39, 0.29) is 0 Å². The number of hydrogen-bond donors (Lipinski definition) is 2. The standard InChI is InChI=1S/C14H13N5/c15-11-6-4-10(5-7-11)14-17-13(18-19-14)9-12-3-1-2-8-16-12/h1-8H,9,15H2,(H,17,18,19). The average molecular weight is 251 g/mol. The molecule has 0 aliphatic rings. The summed E-state index contributed by atoms with van der Waals surface area (Å²) in [6, 6.07) is 13.3. The van der Waals surface area contributed by atoms with Crippen LogP contribution in [0, 0.1) is 0 Å². The molecule has 5 heteroatoms. The predicted octanol–water partition coefficient (Wildman–Crippen LogP) is 2.04. The van der Waals surface area contributed by atoms with E-state index >= 15 is 0 Å². The molecule has 2 heterocycles. The summed E-state index contributed by atoms with van der Waals surface area (Å²) in [5.74, 6) is 1.47. The number of nitrogens with two attached hydrogens (primary N) is 1. The van der Waals surface area contributed by atoms with Crippen LogP contribution < -0.4 is 5.73 Å². The van der Waals surface area contributed by atoms with Crippen molar-refractivity contribution in [2.75, 3.05) is 5.73 Å². The number of aromatic amines is 1. The fourth-order valence-electron chi connectivity index (χ4n) is 1.81. The van der Waals surface area contributed by atoms with E-state index in [4.69, 9.17) is 5.73 Å². The van der Waals surface area contributed by atoms with E-state index in [2.05, 4.69) is 20.2 Å². The van der Waals surface area contributed by atoms with Gasteiger partial charge < -0.3 is 5.73 Å². The first kappa shape index (κ1) is 11.4. The number of aromatic nitrogens is 4. The van der Waals surface area contributed by atoms with E-state index in [1.54, 1.807) is 6.20 Å². The van der Waals surface area contributed by atoms with Crippen LogP contribution in [0.3, 0.4) is 0 Å². The predicted molar refractivity (Wildman–Crippen MR) is 73.3 cm³/mol. The van der Waals surface area contributed by atoms with Crippen molar-refractivity contribution in [1.29, 1.82) is 0 Å². The van der Waals surface area contributed by atoms with Gasteiger partial charge in [-0.2, -0.15) is 5.10 Å². The number of nitrogen functional groups attached to an aromatic ring is 1. The van der Waals surface area contributed by atoms with Crippen LogP contribution in [0.5, 0.6) is 0 Å². The van der Waals surface area contributed by atoms with Crippen molar-refractivity contribution in [1.82, 2.24) is 20.2 Å². The smallest absolute Gasteiger partial charge is 0.181 e. The Labute approximate surface area is 110 Å². The van der Waals surface area contributed by atoms with Crippen molar-refractivity contribution in [3.05, 3.63) is 60.2 Å². The Bertz CT molecular complexity index is 658. The first-order chi connectivity index (χ1) is 9.31. The van der Waals surface area contributed by atoms with Crippen molar-refractivity contribution in [3.63, 3.8) is 0 Å². The Morgan fingerprint density at radius 3 is 2.63 bits per heavy atom. The highest BCUT2D eigenvalue weighted by Gasteiger charge is 2.06. The Hall–Kier alpha value is -2.69. The minimum Gasteiger partial charge on any atom is -0.399 e. The molecule has 3 N–H and O–H groups in total. The number of nitrogens with one attached hydrogen (secondary N) is 1. The molecule has 0 unspecified atom stereocenters. The molecule has 0 atom stereocenters. The number of pyridine rings is 1. The molecule has 2 aromatic heterocycles. The lowest BCUT2D eigenvalue weighted by molar-refractivity contribution is 0.942. The van der Waals surface area contributed by atoms with Crippen molar-refractivity contribution in [2.45, 2.75) is 6.42 Å². The van der Waals surface area contributed by atoms with Gasteiger partial charge in [0.25, 0.3) is 0 Å². The summed E-state index contributed by atoms with van der Waals surface area (Å²) in [6.45, 7) is 0. The molecular formula is C14H13N5. The summed E-state index contributed by atoms with van der Waals surface area (Å²) in [5.41, 5.74) is 8.29. The zero-order valence-electron chi connectivity index (χ0n) is 10.2. The molecule has 0 amide bonds. The van der Waals surface area contributed by atoms with Crippen LogP contribution >= 0.6 is 0 Å². The maximum atomic E-state index is 5.66. The molecule has 0 aliphatic heterocycles. The first-order valence-corrected chi connectivity index (χ1v) is 5.98. The van der Waals surface area contributed by atoms with E-state index in [1.807, 2.05) is 42.5 Å². The lowest BCUT2D eigenvalue weighted by Crippen LogP contribution is -1.93. The SMILES string of the molecule is Nc1ccc(-c2n[nH]c(Cc3ccccn3)n2)cc1. The summed E-state index contributed by atoms with van der Waals surface area (Å²) in [7, 11) is 0. The second-order valence-corrected chi connectivity index (χ2v) is 4.23. The van der Waals surface area contributed by atoms with Crippen LogP contribution in [0.4, 0.5) is 5.69 Å². The normalized spacial score (nSPS) is 10.5. The third-order valence-corrected chi connectivity index (χ3v) is 2.78. The molecule has 0 radical (unpaired) electrons. The lowest BCUT2D eigenvalue weighted by Gasteiger charge is -1.96. The van der Waals surface area contributed by atoms with Crippen LogP contribution in [-0.4, -0.2) is 20.2 Å².